The molecule has 0 aliphatic heterocycles. The Morgan fingerprint density at radius 3 is 1.57 bits per heavy atom. The summed E-state index contributed by atoms with van der Waals surface area (Å²) < 4.78 is 0. The molecule has 0 amide bonds. The molecule has 0 fully saturated rings. The van der Waals surface area contributed by atoms with Crippen LogP contribution in [0.2, 0.25) is 5.02 Å². The molecule has 0 bridgehead atoms. The van der Waals surface area contributed by atoms with Gasteiger partial charge >= 0.3 is 0 Å². The predicted molar refractivity (Wildman–Crippen MR) is 124 cm³/mol. The topological polar surface area (TPSA) is 0 Å². The lowest BCUT2D eigenvalue weighted by molar-refractivity contribution is 0.338. The van der Waals surface area contributed by atoms with Gasteiger partial charge in [-0.25, -0.2) is 0 Å². The molecule has 3 rings (SSSR count). The molecule has 3 aromatic carbocycles. The molecule has 1 unspecified atom stereocenters. The van der Waals surface area contributed by atoms with Crippen molar-refractivity contribution in [2.24, 2.45) is 11.8 Å². The summed E-state index contributed by atoms with van der Waals surface area (Å²) in [5.41, 5.74) is 3.52. The zero-order valence-electron chi connectivity index (χ0n) is 17.2. The Bertz CT molecular complexity index is 797. The van der Waals surface area contributed by atoms with Gasteiger partial charge in [0, 0.05) is 10.4 Å². The van der Waals surface area contributed by atoms with Crippen LogP contribution < -0.4 is 0 Å². The van der Waals surface area contributed by atoms with Gasteiger partial charge < -0.3 is 0 Å². The third-order valence-electron chi connectivity index (χ3n) is 5.63. The van der Waals surface area contributed by atoms with E-state index in [1.165, 1.54) is 16.7 Å². The van der Waals surface area contributed by atoms with E-state index in [2.05, 4.69) is 107 Å². The number of rotatable bonds is 6. The van der Waals surface area contributed by atoms with Crippen LogP contribution in [0.25, 0.3) is 0 Å². The van der Waals surface area contributed by atoms with Gasteiger partial charge in [0.05, 0.1) is 0 Å². The summed E-state index contributed by atoms with van der Waals surface area (Å²) in [5.74, 6) is 1.15. The lowest BCUT2D eigenvalue weighted by Crippen LogP contribution is -2.33. The molecule has 0 radical (unpaired) electrons. The fourth-order valence-corrected chi connectivity index (χ4v) is 4.09. The molecule has 0 aromatic heterocycles. The summed E-state index contributed by atoms with van der Waals surface area (Å²) in [6, 6.07) is 29.9. The van der Waals surface area contributed by atoms with E-state index in [0.717, 1.165) is 11.4 Å². The second-order valence-electron chi connectivity index (χ2n) is 7.54. The molecule has 0 saturated heterocycles. The van der Waals surface area contributed by atoms with Crippen molar-refractivity contribution >= 4 is 11.6 Å². The van der Waals surface area contributed by atoms with Crippen molar-refractivity contribution < 1.29 is 0 Å². The van der Waals surface area contributed by atoms with Gasteiger partial charge in [0.1, 0.15) is 0 Å². The van der Waals surface area contributed by atoms with Crippen LogP contribution in [0.4, 0.5) is 0 Å². The molecule has 146 valence electrons. The van der Waals surface area contributed by atoms with Crippen LogP contribution in [0.3, 0.4) is 0 Å². The van der Waals surface area contributed by atoms with E-state index in [4.69, 9.17) is 11.6 Å². The fourth-order valence-electron chi connectivity index (χ4n) is 3.79. The third-order valence-corrected chi connectivity index (χ3v) is 5.96. The molecule has 0 heterocycles. The van der Waals surface area contributed by atoms with Crippen LogP contribution in [0.1, 0.15) is 43.9 Å². The number of benzene rings is 3. The highest BCUT2D eigenvalue weighted by atomic mass is 35.5. The van der Waals surface area contributed by atoms with Crippen LogP contribution in [0.15, 0.2) is 98.1 Å². The zero-order chi connectivity index (χ0) is 20.6. The van der Waals surface area contributed by atoms with E-state index < -0.39 is 0 Å². The molecule has 0 saturated carbocycles. The van der Waals surface area contributed by atoms with E-state index >= 15 is 0 Å². The summed E-state index contributed by atoms with van der Waals surface area (Å²) in [5, 5.41) is 0.830. The van der Waals surface area contributed by atoms with Gasteiger partial charge in [0.2, 0.25) is 0 Å². The van der Waals surface area contributed by atoms with E-state index in [9.17, 15) is 0 Å². The third kappa shape index (κ3) is 4.56. The highest BCUT2D eigenvalue weighted by molar-refractivity contribution is 6.31. The lowest BCUT2D eigenvalue weighted by atomic mass is 9.64. The highest BCUT2D eigenvalue weighted by Crippen LogP contribution is 2.47. The molecule has 28 heavy (non-hydrogen) atoms. The van der Waals surface area contributed by atoms with Gasteiger partial charge in [-0.15, -0.1) is 13.2 Å². The predicted octanol–water partition coefficient (Wildman–Crippen LogP) is 8.16. The second-order valence-corrected chi connectivity index (χ2v) is 7.95. The maximum Gasteiger partial charge on any atom is 0.0468 e. The summed E-state index contributed by atoms with van der Waals surface area (Å²) in [6.45, 7) is 13.0. The number of hydrogen-bond acceptors (Lipinski definition) is 0. The highest BCUT2D eigenvalue weighted by Gasteiger charge is 2.39. The molecular formula is C27H31Cl. The standard InChI is InChI=1S/C25H27Cl.C2H4/c1-19(2)20(3)18-25(21-12-6-4-7-13-21,22-14-8-5-9-15-22)23-16-10-11-17-24(23)26;1-2/h4-17,19-20H,18H2,1-3H3;1-2H2. The molecule has 0 nitrogen and oxygen atoms in total. The van der Waals surface area contributed by atoms with E-state index in [-0.39, 0.29) is 5.41 Å². The minimum Gasteiger partial charge on any atom is -0.106 e. The van der Waals surface area contributed by atoms with Gasteiger partial charge in [0.15, 0.2) is 0 Å². The minimum absolute atomic E-state index is 0.259. The summed E-state index contributed by atoms with van der Waals surface area (Å²) in [7, 11) is 0. The Hall–Kier alpha value is -2.31. The number of hydrogen-bond donors (Lipinski definition) is 0. The van der Waals surface area contributed by atoms with Crippen molar-refractivity contribution in [1.29, 1.82) is 0 Å². The SMILES string of the molecule is C=C.CC(C)C(C)CC(c1ccccc1)(c1ccccc1)c1ccccc1Cl. The van der Waals surface area contributed by atoms with Crippen molar-refractivity contribution in [2.75, 3.05) is 0 Å². The molecule has 0 spiro atoms. The maximum absolute atomic E-state index is 6.77. The van der Waals surface area contributed by atoms with Gasteiger partial charge in [0.25, 0.3) is 0 Å². The average Bonchev–Trinajstić information content (AvgIpc) is 2.75. The van der Waals surface area contributed by atoms with E-state index in [1.807, 2.05) is 12.1 Å². The largest absolute Gasteiger partial charge is 0.106 e. The molecule has 0 aliphatic rings. The van der Waals surface area contributed by atoms with Gasteiger partial charge in [-0.3, -0.25) is 0 Å². The average molecular weight is 391 g/mol. The molecular weight excluding hydrogens is 360 g/mol. The first-order chi connectivity index (χ1) is 13.6. The van der Waals surface area contributed by atoms with Crippen molar-refractivity contribution in [1.82, 2.24) is 0 Å². The van der Waals surface area contributed by atoms with Gasteiger partial charge in [-0.1, -0.05) is 111 Å². The quantitative estimate of drug-likeness (QED) is 0.294. The zero-order valence-corrected chi connectivity index (χ0v) is 18.0. The lowest BCUT2D eigenvalue weighted by Gasteiger charge is -2.39. The van der Waals surface area contributed by atoms with Crippen LogP contribution in [0.5, 0.6) is 0 Å². The van der Waals surface area contributed by atoms with Crippen LogP contribution >= 0.6 is 11.6 Å². The molecule has 1 heteroatoms. The van der Waals surface area contributed by atoms with Gasteiger partial charge in [-0.05, 0) is 41.0 Å². The Balaban J connectivity index is 0.00000136. The summed E-state index contributed by atoms with van der Waals surface area (Å²) >= 11 is 6.77. The molecule has 0 N–H and O–H groups in total. The smallest absolute Gasteiger partial charge is 0.0468 e. The van der Waals surface area contributed by atoms with Gasteiger partial charge in [-0.2, -0.15) is 0 Å². The Morgan fingerprint density at radius 1 is 0.714 bits per heavy atom. The normalized spacial score (nSPS) is 12.2. The molecule has 3 aromatic rings. The van der Waals surface area contributed by atoms with E-state index in [1.54, 1.807) is 0 Å². The minimum atomic E-state index is -0.259. The number of halogens is 1. The summed E-state index contributed by atoms with van der Waals surface area (Å²) in [6.07, 6.45) is 1.02. The fraction of sp³-hybridized carbons (Fsp3) is 0.259. The first-order valence-electron chi connectivity index (χ1n) is 9.91. The van der Waals surface area contributed by atoms with E-state index in [0.29, 0.717) is 11.8 Å². The monoisotopic (exact) mass is 390 g/mol. The Labute approximate surface area is 175 Å². The van der Waals surface area contributed by atoms with Crippen LogP contribution in [-0.2, 0) is 5.41 Å². The van der Waals surface area contributed by atoms with Crippen molar-refractivity contribution in [3.8, 4) is 0 Å². The first-order valence-corrected chi connectivity index (χ1v) is 10.3. The van der Waals surface area contributed by atoms with Crippen molar-refractivity contribution in [2.45, 2.75) is 32.6 Å². The molecule has 1 atom stereocenters. The summed E-state index contributed by atoms with van der Waals surface area (Å²) in [4.78, 5) is 0. The Morgan fingerprint density at radius 2 is 1.14 bits per heavy atom. The molecule has 0 aliphatic carbocycles. The van der Waals surface area contributed by atoms with Crippen molar-refractivity contribution in [3.05, 3.63) is 120 Å². The first kappa shape index (κ1) is 22.0. The second kappa shape index (κ2) is 10.3. The maximum atomic E-state index is 6.77. The van der Waals surface area contributed by atoms with Crippen molar-refractivity contribution in [3.63, 3.8) is 0 Å². The van der Waals surface area contributed by atoms with Crippen LogP contribution in [0, 0.1) is 11.8 Å². The van der Waals surface area contributed by atoms with Crippen LogP contribution in [-0.4, -0.2) is 0 Å². The Kier molecular flexibility index (Phi) is 8.08.